The van der Waals surface area contributed by atoms with Crippen LogP contribution in [0.4, 0.5) is 10.1 Å². The van der Waals surface area contributed by atoms with Crippen molar-refractivity contribution in [2.75, 3.05) is 0 Å². The van der Waals surface area contributed by atoms with Gasteiger partial charge in [-0.25, -0.2) is 0 Å². The Labute approximate surface area is 129 Å². The molecule has 21 heavy (non-hydrogen) atoms. The summed E-state index contributed by atoms with van der Waals surface area (Å²) in [5.74, 6) is -0.355. The van der Waals surface area contributed by atoms with Crippen molar-refractivity contribution in [2.45, 2.75) is 18.9 Å². The first-order valence-electron chi connectivity index (χ1n) is 6.10. The van der Waals surface area contributed by atoms with Gasteiger partial charge < -0.3 is 4.74 Å². The zero-order valence-electron chi connectivity index (χ0n) is 11.2. The Balaban J connectivity index is 2.21. The number of nitrogens with zero attached hydrogens (tertiary/aromatic N) is 2. The highest BCUT2D eigenvalue weighted by Gasteiger charge is 2.17. The first-order valence-corrected chi connectivity index (χ1v) is 7.22. The molecule has 0 bridgehead atoms. The molecule has 1 aromatic heterocycles. The van der Waals surface area contributed by atoms with Gasteiger partial charge >= 0.3 is 5.69 Å². The summed E-state index contributed by atoms with van der Waals surface area (Å²) >= 11 is 3.31. The monoisotopic (exact) mass is 354 g/mol. The summed E-state index contributed by atoms with van der Waals surface area (Å²) in [4.78, 5) is 14.2. The second-order valence-electron chi connectivity index (χ2n) is 4.33. The molecule has 0 radical (unpaired) electrons. The van der Waals surface area contributed by atoms with Crippen molar-refractivity contribution < 1.29 is 14.1 Å². The average molecular weight is 355 g/mol. The minimum Gasteiger partial charge on any atom is -0.487 e. The van der Waals surface area contributed by atoms with Gasteiger partial charge in [0.05, 0.1) is 10.6 Å². The first kappa shape index (κ1) is 15.4. The number of benzene rings is 1. The number of halogens is 2. The van der Waals surface area contributed by atoms with Gasteiger partial charge in [0.2, 0.25) is 5.82 Å². The predicted octanol–water partition coefficient (Wildman–Crippen LogP) is 3.91. The quantitative estimate of drug-likeness (QED) is 0.463. The van der Waals surface area contributed by atoms with Crippen LogP contribution in [0.5, 0.6) is 5.75 Å². The largest absolute Gasteiger partial charge is 0.487 e. The van der Waals surface area contributed by atoms with Crippen molar-refractivity contribution in [3.05, 3.63) is 63.2 Å². The van der Waals surface area contributed by atoms with Gasteiger partial charge in [-0.3, -0.25) is 15.1 Å². The highest BCUT2D eigenvalue weighted by Crippen LogP contribution is 2.24. The Morgan fingerprint density at radius 1 is 1.38 bits per heavy atom. The maximum atomic E-state index is 13.9. The number of pyridine rings is 1. The number of hydrogen-bond acceptors (Lipinski definition) is 4. The number of rotatable bonds is 5. The molecule has 5 nitrogen and oxygen atoms in total. The van der Waals surface area contributed by atoms with Gasteiger partial charge in [-0.15, -0.1) is 0 Å². The van der Waals surface area contributed by atoms with Crippen molar-refractivity contribution in [2.24, 2.45) is 0 Å². The lowest BCUT2D eigenvalue weighted by Crippen LogP contribution is -2.04. The van der Waals surface area contributed by atoms with E-state index in [4.69, 9.17) is 4.74 Å². The molecule has 1 heterocycles. The SMILES string of the molecule is Cc1ccc(OCc2cccc([N+](=O)[O-])c2F)c(CBr)n1. The fourth-order valence-electron chi connectivity index (χ4n) is 1.80. The maximum absolute atomic E-state index is 13.9. The summed E-state index contributed by atoms with van der Waals surface area (Å²) in [5.41, 5.74) is 1.11. The van der Waals surface area contributed by atoms with Gasteiger partial charge in [0.25, 0.3) is 0 Å². The van der Waals surface area contributed by atoms with E-state index in [-0.39, 0.29) is 12.2 Å². The van der Waals surface area contributed by atoms with Gasteiger partial charge in [0.1, 0.15) is 12.4 Å². The summed E-state index contributed by atoms with van der Waals surface area (Å²) in [5, 5.41) is 11.2. The molecule has 0 amide bonds. The van der Waals surface area contributed by atoms with E-state index >= 15 is 0 Å². The highest BCUT2D eigenvalue weighted by atomic mass is 79.9. The first-order chi connectivity index (χ1) is 10.0. The van der Waals surface area contributed by atoms with Crippen molar-refractivity contribution in [1.29, 1.82) is 0 Å². The van der Waals surface area contributed by atoms with Crippen molar-refractivity contribution in [1.82, 2.24) is 4.98 Å². The molecule has 0 atom stereocenters. The van der Waals surface area contributed by atoms with Crippen LogP contribution in [0.25, 0.3) is 0 Å². The molecule has 0 N–H and O–H groups in total. The Morgan fingerprint density at radius 3 is 2.81 bits per heavy atom. The summed E-state index contributed by atoms with van der Waals surface area (Å²) in [6.07, 6.45) is 0. The van der Waals surface area contributed by atoms with Crippen LogP contribution in [0.2, 0.25) is 0 Å². The zero-order valence-corrected chi connectivity index (χ0v) is 12.8. The summed E-state index contributed by atoms with van der Waals surface area (Å²) in [6.45, 7) is 1.76. The summed E-state index contributed by atoms with van der Waals surface area (Å²) in [7, 11) is 0. The van der Waals surface area contributed by atoms with Gasteiger partial charge in [-0.1, -0.05) is 28.1 Å². The van der Waals surface area contributed by atoms with Crippen molar-refractivity contribution >= 4 is 21.6 Å². The molecule has 2 aromatic rings. The smallest absolute Gasteiger partial charge is 0.305 e. The van der Waals surface area contributed by atoms with Crippen LogP contribution >= 0.6 is 15.9 Å². The third-order valence-corrected chi connectivity index (χ3v) is 3.37. The fraction of sp³-hybridized carbons (Fsp3) is 0.214. The Morgan fingerprint density at radius 2 is 2.14 bits per heavy atom. The van der Waals surface area contributed by atoms with Gasteiger partial charge in [0, 0.05) is 22.7 Å². The van der Waals surface area contributed by atoms with E-state index in [1.54, 1.807) is 12.1 Å². The highest BCUT2D eigenvalue weighted by molar-refractivity contribution is 9.08. The molecule has 0 fully saturated rings. The molecular weight excluding hydrogens is 343 g/mol. The molecule has 0 spiro atoms. The number of nitro benzene ring substituents is 1. The number of aryl methyl sites for hydroxylation is 1. The molecule has 2 rings (SSSR count). The van der Waals surface area contributed by atoms with Crippen LogP contribution in [-0.4, -0.2) is 9.91 Å². The van der Waals surface area contributed by atoms with Crippen molar-refractivity contribution in [3.63, 3.8) is 0 Å². The van der Waals surface area contributed by atoms with E-state index in [9.17, 15) is 14.5 Å². The summed E-state index contributed by atoms with van der Waals surface area (Å²) < 4.78 is 19.5. The van der Waals surface area contributed by atoms with E-state index in [2.05, 4.69) is 20.9 Å². The van der Waals surface area contributed by atoms with E-state index < -0.39 is 16.4 Å². The second kappa shape index (κ2) is 6.62. The van der Waals surface area contributed by atoms with Crippen LogP contribution < -0.4 is 4.74 Å². The lowest BCUT2D eigenvalue weighted by Gasteiger charge is -2.10. The number of ether oxygens (including phenoxy) is 1. The second-order valence-corrected chi connectivity index (χ2v) is 4.89. The molecule has 7 heteroatoms. The van der Waals surface area contributed by atoms with E-state index in [0.29, 0.717) is 16.8 Å². The van der Waals surface area contributed by atoms with E-state index in [1.165, 1.54) is 12.1 Å². The molecule has 0 aliphatic heterocycles. The molecular formula is C14H12BrFN2O3. The molecule has 0 unspecified atom stereocenters. The fourth-order valence-corrected chi connectivity index (χ4v) is 2.20. The number of alkyl halides is 1. The topological polar surface area (TPSA) is 65.3 Å². The Bertz CT molecular complexity index is 679. The number of nitro groups is 1. The maximum Gasteiger partial charge on any atom is 0.305 e. The van der Waals surface area contributed by atoms with Crippen LogP contribution in [0.15, 0.2) is 30.3 Å². The van der Waals surface area contributed by atoms with Gasteiger partial charge in [-0.05, 0) is 19.1 Å². The van der Waals surface area contributed by atoms with Crippen LogP contribution in [0.3, 0.4) is 0 Å². The van der Waals surface area contributed by atoms with E-state index in [1.807, 2.05) is 6.92 Å². The lowest BCUT2D eigenvalue weighted by molar-refractivity contribution is -0.387. The van der Waals surface area contributed by atoms with Gasteiger partial charge in [0.15, 0.2) is 0 Å². The molecule has 0 aliphatic rings. The van der Waals surface area contributed by atoms with Crippen LogP contribution in [0, 0.1) is 22.9 Å². The third-order valence-electron chi connectivity index (χ3n) is 2.84. The van der Waals surface area contributed by atoms with Gasteiger partial charge in [-0.2, -0.15) is 4.39 Å². The Hall–Kier alpha value is -2.02. The minimum absolute atomic E-state index is 0.0990. The minimum atomic E-state index is -0.872. The third kappa shape index (κ3) is 3.55. The van der Waals surface area contributed by atoms with Crippen molar-refractivity contribution in [3.8, 4) is 5.75 Å². The molecule has 0 saturated heterocycles. The normalized spacial score (nSPS) is 10.4. The Kier molecular flexibility index (Phi) is 4.85. The van der Waals surface area contributed by atoms with Crippen LogP contribution in [0.1, 0.15) is 17.0 Å². The predicted molar refractivity (Wildman–Crippen MR) is 79.0 cm³/mol. The molecule has 110 valence electrons. The summed E-state index contributed by atoms with van der Waals surface area (Å²) in [6, 6.07) is 7.53. The average Bonchev–Trinajstić information content (AvgIpc) is 2.46. The molecule has 0 saturated carbocycles. The zero-order chi connectivity index (χ0) is 15.4. The molecule has 0 aliphatic carbocycles. The lowest BCUT2D eigenvalue weighted by atomic mass is 10.2. The number of hydrogen-bond donors (Lipinski definition) is 0. The van der Waals surface area contributed by atoms with Crippen LogP contribution in [-0.2, 0) is 11.9 Å². The molecule has 1 aromatic carbocycles. The number of aromatic nitrogens is 1. The van der Waals surface area contributed by atoms with E-state index in [0.717, 1.165) is 11.8 Å². The standard InChI is InChI=1S/C14H12BrFN2O3/c1-9-5-6-13(11(7-15)17-9)21-8-10-3-2-4-12(14(10)16)18(19)20/h2-6H,7-8H2,1H3.